The molecule has 0 bridgehead atoms. The summed E-state index contributed by atoms with van der Waals surface area (Å²) in [4.78, 5) is 11.4. The lowest BCUT2D eigenvalue weighted by atomic mass is 10.1. The molecule has 1 amide bonds. The molecule has 0 aliphatic carbocycles. The maximum absolute atomic E-state index is 12.9. The van der Waals surface area contributed by atoms with E-state index in [4.69, 9.17) is 14.2 Å². The van der Waals surface area contributed by atoms with Crippen LogP contribution in [0.4, 0.5) is 5.69 Å². The summed E-state index contributed by atoms with van der Waals surface area (Å²) in [5.74, 6) is 1.14. The Morgan fingerprint density at radius 3 is 2.18 bits per heavy atom. The molecule has 152 valence electrons. The van der Waals surface area contributed by atoms with Crippen LogP contribution >= 0.6 is 0 Å². The summed E-state index contributed by atoms with van der Waals surface area (Å²) in [6, 6.07) is 8.79. The van der Waals surface area contributed by atoms with E-state index in [-0.39, 0.29) is 16.5 Å². The van der Waals surface area contributed by atoms with Gasteiger partial charge >= 0.3 is 0 Å². The molecule has 0 saturated carbocycles. The molecule has 0 heterocycles. The summed E-state index contributed by atoms with van der Waals surface area (Å²) >= 11 is 0. The van der Waals surface area contributed by atoms with Crippen LogP contribution in [0.5, 0.6) is 17.2 Å². The van der Waals surface area contributed by atoms with Crippen LogP contribution in [0.2, 0.25) is 0 Å². The molecule has 0 aliphatic heterocycles. The van der Waals surface area contributed by atoms with Crippen molar-refractivity contribution in [3.8, 4) is 17.2 Å². The Morgan fingerprint density at radius 2 is 1.61 bits per heavy atom. The zero-order chi connectivity index (χ0) is 20.9. The lowest BCUT2D eigenvalue weighted by Crippen LogP contribution is -2.27. The number of nitrogens with one attached hydrogen (secondary N) is 2. The van der Waals surface area contributed by atoms with Gasteiger partial charge in [0.15, 0.2) is 0 Å². The number of sulfonamides is 1. The molecule has 0 aromatic heterocycles. The molecule has 0 fully saturated rings. The van der Waals surface area contributed by atoms with E-state index in [1.807, 2.05) is 0 Å². The highest BCUT2D eigenvalue weighted by Crippen LogP contribution is 2.31. The van der Waals surface area contributed by atoms with Crippen molar-refractivity contribution in [3.05, 3.63) is 42.0 Å². The normalized spacial score (nSPS) is 12.2. The van der Waals surface area contributed by atoms with Gasteiger partial charge in [-0.2, -0.15) is 0 Å². The molecule has 2 aromatic carbocycles. The average molecular weight is 408 g/mol. The average Bonchev–Trinajstić information content (AvgIpc) is 2.66. The molecule has 8 nitrogen and oxygen atoms in total. The Bertz CT molecular complexity index is 959. The fourth-order valence-corrected chi connectivity index (χ4v) is 3.93. The molecule has 9 heteroatoms. The number of amides is 1. The highest BCUT2D eigenvalue weighted by molar-refractivity contribution is 7.89. The number of carbonyl (C=O) groups excluding carboxylic acids is 1. The lowest BCUT2D eigenvalue weighted by Gasteiger charge is -2.19. The summed E-state index contributed by atoms with van der Waals surface area (Å²) in [5.41, 5.74) is 0.894. The topological polar surface area (TPSA) is 103 Å². The first-order valence-corrected chi connectivity index (χ1v) is 9.90. The van der Waals surface area contributed by atoms with Gasteiger partial charge in [0, 0.05) is 18.5 Å². The van der Waals surface area contributed by atoms with Gasteiger partial charge in [-0.15, -0.1) is 0 Å². The fourth-order valence-electron chi connectivity index (χ4n) is 2.68. The third-order valence-electron chi connectivity index (χ3n) is 4.03. The van der Waals surface area contributed by atoms with Crippen LogP contribution < -0.4 is 24.2 Å². The van der Waals surface area contributed by atoms with E-state index in [0.29, 0.717) is 22.8 Å². The second-order valence-electron chi connectivity index (χ2n) is 5.99. The standard InChI is InChI=1S/C19H24N2O6S/c1-12(16-10-14(25-3)6-8-18(16)26-4)21-28(23,24)15-7-9-19(27-5)17(11-15)20-13(2)22/h6-12,21H,1-5H3,(H,20,22). The molecule has 0 aliphatic rings. The zero-order valence-electron chi connectivity index (χ0n) is 16.4. The predicted octanol–water partition coefficient (Wildman–Crippen LogP) is 2.71. The largest absolute Gasteiger partial charge is 0.497 e. The predicted molar refractivity (Wildman–Crippen MR) is 106 cm³/mol. The van der Waals surface area contributed by atoms with Crippen LogP contribution in [0, 0.1) is 0 Å². The van der Waals surface area contributed by atoms with Crippen molar-refractivity contribution >= 4 is 21.6 Å². The van der Waals surface area contributed by atoms with Crippen LogP contribution in [-0.2, 0) is 14.8 Å². The number of hydrogen-bond acceptors (Lipinski definition) is 6. The monoisotopic (exact) mass is 408 g/mol. The van der Waals surface area contributed by atoms with Crippen LogP contribution in [0.3, 0.4) is 0 Å². The van der Waals surface area contributed by atoms with E-state index in [1.54, 1.807) is 25.1 Å². The Morgan fingerprint density at radius 1 is 0.964 bits per heavy atom. The molecule has 1 unspecified atom stereocenters. The van der Waals surface area contributed by atoms with Crippen LogP contribution in [0.1, 0.15) is 25.5 Å². The third kappa shape index (κ3) is 4.93. The maximum atomic E-state index is 12.9. The first-order valence-electron chi connectivity index (χ1n) is 8.41. The van der Waals surface area contributed by atoms with Gasteiger partial charge in [-0.05, 0) is 43.3 Å². The first-order chi connectivity index (χ1) is 13.2. The Hall–Kier alpha value is -2.78. The van der Waals surface area contributed by atoms with E-state index in [2.05, 4.69) is 10.0 Å². The van der Waals surface area contributed by atoms with E-state index >= 15 is 0 Å². The van der Waals surface area contributed by atoms with Gasteiger partial charge in [0.2, 0.25) is 15.9 Å². The van der Waals surface area contributed by atoms with E-state index in [0.717, 1.165) is 0 Å². The van der Waals surface area contributed by atoms with E-state index in [1.165, 1.54) is 46.5 Å². The Kier molecular flexibility index (Phi) is 6.87. The number of methoxy groups -OCH3 is 3. The summed E-state index contributed by atoms with van der Waals surface area (Å²) in [5, 5.41) is 2.56. The van der Waals surface area contributed by atoms with Gasteiger partial charge in [-0.3, -0.25) is 4.79 Å². The van der Waals surface area contributed by atoms with Crippen molar-refractivity contribution < 1.29 is 27.4 Å². The van der Waals surface area contributed by atoms with Crippen molar-refractivity contribution in [2.24, 2.45) is 0 Å². The van der Waals surface area contributed by atoms with E-state index in [9.17, 15) is 13.2 Å². The van der Waals surface area contributed by atoms with Crippen molar-refractivity contribution in [3.63, 3.8) is 0 Å². The minimum atomic E-state index is -3.89. The van der Waals surface area contributed by atoms with Crippen molar-refractivity contribution in [2.45, 2.75) is 24.8 Å². The van der Waals surface area contributed by atoms with Crippen LogP contribution in [0.15, 0.2) is 41.3 Å². The molecule has 28 heavy (non-hydrogen) atoms. The van der Waals surface area contributed by atoms with Gasteiger partial charge in [0.25, 0.3) is 0 Å². The molecule has 0 radical (unpaired) electrons. The van der Waals surface area contributed by atoms with Crippen molar-refractivity contribution in [1.29, 1.82) is 0 Å². The van der Waals surface area contributed by atoms with Crippen LogP contribution in [-0.4, -0.2) is 35.7 Å². The molecule has 2 aromatic rings. The summed E-state index contributed by atoms with van der Waals surface area (Å²) in [7, 11) is 0.585. The number of carbonyl (C=O) groups is 1. The van der Waals surface area contributed by atoms with Crippen molar-refractivity contribution in [1.82, 2.24) is 4.72 Å². The summed E-state index contributed by atoms with van der Waals surface area (Å²) in [6.07, 6.45) is 0. The molecular formula is C19H24N2O6S. The van der Waals surface area contributed by atoms with Gasteiger partial charge < -0.3 is 19.5 Å². The lowest BCUT2D eigenvalue weighted by molar-refractivity contribution is -0.114. The third-order valence-corrected chi connectivity index (χ3v) is 5.57. The van der Waals surface area contributed by atoms with Crippen molar-refractivity contribution in [2.75, 3.05) is 26.6 Å². The van der Waals surface area contributed by atoms with Gasteiger partial charge in [0.1, 0.15) is 17.2 Å². The Balaban J connectivity index is 2.37. The Labute approximate surface area is 164 Å². The minimum Gasteiger partial charge on any atom is -0.497 e. The zero-order valence-corrected chi connectivity index (χ0v) is 17.2. The molecule has 0 spiro atoms. The summed E-state index contributed by atoms with van der Waals surface area (Å²) in [6.45, 7) is 3.03. The van der Waals surface area contributed by atoms with Gasteiger partial charge in [-0.25, -0.2) is 13.1 Å². The molecule has 2 N–H and O–H groups in total. The quantitative estimate of drug-likeness (QED) is 0.696. The summed E-state index contributed by atoms with van der Waals surface area (Å²) < 4.78 is 44.1. The number of hydrogen-bond donors (Lipinski definition) is 2. The second kappa shape index (κ2) is 8.94. The molecular weight excluding hydrogens is 384 g/mol. The SMILES string of the molecule is COc1ccc(OC)c(C(C)NS(=O)(=O)c2ccc(OC)c(NC(C)=O)c2)c1. The number of anilines is 1. The molecule has 1 atom stereocenters. The number of ether oxygens (including phenoxy) is 3. The first kappa shape index (κ1) is 21.5. The molecule has 2 rings (SSSR count). The number of benzene rings is 2. The highest BCUT2D eigenvalue weighted by Gasteiger charge is 2.22. The second-order valence-corrected chi connectivity index (χ2v) is 7.71. The van der Waals surface area contributed by atoms with Crippen LogP contribution in [0.25, 0.3) is 0 Å². The van der Waals surface area contributed by atoms with E-state index < -0.39 is 16.1 Å². The van der Waals surface area contributed by atoms with Gasteiger partial charge in [0.05, 0.1) is 31.9 Å². The molecule has 0 saturated heterocycles. The highest BCUT2D eigenvalue weighted by atomic mass is 32.2. The smallest absolute Gasteiger partial charge is 0.241 e. The minimum absolute atomic E-state index is 0.00855. The maximum Gasteiger partial charge on any atom is 0.241 e. The number of rotatable bonds is 8. The van der Waals surface area contributed by atoms with Gasteiger partial charge in [-0.1, -0.05) is 0 Å². The fraction of sp³-hybridized carbons (Fsp3) is 0.316.